The van der Waals surface area contributed by atoms with Crippen LogP contribution in [0.1, 0.15) is 27.7 Å². The van der Waals surface area contributed by atoms with E-state index in [0.717, 1.165) is 31.1 Å². The van der Waals surface area contributed by atoms with Crippen molar-refractivity contribution in [2.45, 2.75) is 33.3 Å². The molecule has 0 aromatic rings. The van der Waals surface area contributed by atoms with Gasteiger partial charge in [0.15, 0.2) is 0 Å². The van der Waals surface area contributed by atoms with E-state index in [-0.39, 0.29) is 0 Å². The van der Waals surface area contributed by atoms with Crippen LogP contribution >= 0.6 is 11.8 Å². The molecule has 0 aliphatic heterocycles. The third-order valence-electron chi connectivity index (χ3n) is 1.90. The van der Waals surface area contributed by atoms with Gasteiger partial charge in [0.25, 0.3) is 0 Å². The lowest BCUT2D eigenvalue weighted by molar-refractivity contribution is 0.107. The predicted octanol–water partition coefficient (Wildman–Crippen LogP) is 1.83. The maximum absolute atomic E-state index is 9.46. The van der Waals surface area contributed by atoms with Crippen LogP contribution < -0.4 is 0 Å². The van der Waals surface area contributed by atoms with Crippen LogP contribution in [0, 0.1) is 0 Å². The Morgan fingerprint density at radius 1 is 1.23 bits per heavy atom. The predicted molar refractivity (Wildman–Crippen MR) is 61.4 cm³/mol. The van der Waals surface area contributed by atoms with Gasteiger partial charge in [-0.05, 0) is 26.9 Å². The van der Waals surface area contributed by atoms with Gasteiger partial charge in [-0.3, -0.25) is 0 Å². The van der Waals surface area contributed by atoms with Gasteiger partial charge in [0.2, 0.25) is 0 Å². The van der Waals surface area contributed by atoms with Crippen molar-refractivity contribution in [3.05, 3.63) is 0 Å². The van der Waals surface area contributed by atoms with Crippen LogP contribution in [0.25, 0.3) is 0 Å². The summed E-state index contributed by atoms with van der Waals surface area (Å²) in [6, 6.07) is 0. The standard InChI is InChI=1S/C10H23NOS/c1-5-11(6-2)7-8-13-9-10(3,4)12/h12H,5-9H2,1-4H3. The first-order valence-electron chi connectivity index (χ1n) is 5.02. The van der Waals surface area contributed by atoms with Crippen molar-refractivity contribution in [1.82, 2.24) is 4.90 Å². The summed E-state index contributed by atoms with van der Waals surface area (Å²) < 4.78 is 0. The van der Waals surface area contributed by atoms with Gasteiger partial charge in [-0.1, -0.05) is 13.8 Å². The van der Waals surface area contributed by atoms with E-state index < -0.39 is 5.60 Å². The van der Waals surface area contributed by atoms with E-state index in [0.29, 0.717) is 0 Å². The Kier molecular flexibility index (Phi) is 6.82. The van der Waals surface area contributed by atoms with E-state index in [1.54, 1.807) is 0 Å². The highest BCUT2D eigenvalue weighted by molar-refractivity contribution is 7.99. The van der Waals surface area contributed by atoms with Crippen molar-refractivity contribution in [1.29, 1.82) is 0 Å². The van der Waals surface area contributed by atoms with Crippen molar-refractivity contribution in [3.8, 4) is 0 Å². The summed E-state index contributed by atoms with van der Waals surface area (Å²) in [4.78, 5) is 2.40. The third-order valence-corrected chi connectivity index (χ3v) is 3.28. The maximum Gasteiger partial charge on any atom is 0.0681 e. The first kappa shape index (κ1) is 13.3. The average Bonchev–Trinajstić information content (AvgIpc) is 2.03. The lowest BCUT2D eigenvalue weighted by Gasteiger charge is -2.20. The molecule has 0 radical (unpaired) electrons. The molecular formula is C10H23NOS. The van der Waals surface area contributed by atoms with Gasteiger partial charge in [0.05, 0.1) is 5.60 Å². The molecule has 0 amide bonds. The van der Waals surface area contributed by atoms with Crippen molar-refractivity contribution in [2.75, 3.05) is 31.1 Å². The molecule has 0 aliphatic rings. The zero-order valence-electron chi connectivity index (χ0n) is 9.34. The van der Waals surface area contributed by atoms with E-state index >= 15 is 0 Å². The molecule has 0 unspecified atom stereocenters. The summed E-state index contributed by atoms with van der Waals surface area (Å²) in [6.07, 6.45) is 0. The highest BCUT2D eigenvalue weighted by atomic mass is 32.2. The van der Waals surface area contributed by atoms with Crippen LogP contribution in [0.3, 0.4) is 0 Å². The number of thioether (sulfide) groups is 1. The second-order valence-electron chi connectivity index (χ2n) is 3.89. The number of rotatable bonds is 7. The number of aliphatic hydroxyl groups is 1. The molecule has 0 saturated carbocycles. The minimum absolute atomic E-state index is 0.520. The van der Waals surface area contributed by atoms with E-state index in [1.165, 1.54) is 0 Å². The SMILES string of the molecule is CCN(CC)CCSCC(C)(C)O. The monoisotopic (exact) mass is 205 g/mol. The molecule has 3 heteroatoms. The Bertz CT molecular complexity index is 119. The lowest BCUT2D eigenvalue weighted by atomic mass is 10.2. The van der Waals surface area contributed by atoms with Crippen LogP contribution in [0.5, 0.6) is 0 Å². The van der Waals surface area contributed by atoms with E-state index in [4.69, 9.17) is 0 Å². The zero-order valence-corrected chi connectivity index (χ0v) is 10.2. The summed E-state index contributed by atoms with van der Waals surface area (Å²) in [5, 5.41) is 9.46. The number of hydrogen-bond acceptors (Lipinski definition) is 3. The fourth-order valence-corrected chi connectivity index (χ4v) is 2.09. The van der Waals surface area contributed by atoms with E-state index in [1.807, 2.05) is 25.6 Å². The van der Waals surface area contributed by atoms with Gasteiger partial charge in [-0.25, -0.2) is 0 Å². The normalized spacial score (nSPS) is 12.5. The van der Waals surface area contributed by atoms with Gasteiger partial charge in [0, 0.05) is 18.1 Å². The molecule has 0 saturated heterocycles. The van der Waals surface area contributed by atoms with Crippen molar-refractivity contribution < 1.29 is 5.11 Å². The van der Waals surface area contributed by atoms with Crippen LogP contribution in [-0.2, 0) is 0 Å². The second-order valence-corrected chi connectivity index (χ2v) is 5.00. The average molecular weight is 205 g/mol. The topological polar surface area (TPSA) is 23.5 Å². The van der Waals surface area contributed by atoms with E-state index in [9.17, 15) is 5.11 Å². The van der Waals surface area contributed by atoms with E-state index in [2.05, 4.69) is 18.7 Å². The molecule has 0 aliphatic carbocycles. The molecule has 2 nitrogen and oxygen atoms in total. The molecule has 13 heavy (non-hydrogen) atoms. The smallest absolute Gasteiger partial charge is 0.0681 e. The fraction of sp³-hybridized carbons (Fsp3) is 1.00. The van der Waals surface area contributed by atoms with Crippen LogP contribution in [0.4, 0.5) is 0 Å². The molecule has 0 bridgehead atoms. The first-order chi connectivity index (χ1) is 5.99. The second kappa shape index (κ2) is 6.68. The Morgan fingerprint density at radius 2 is 1.77 bits per heavy atom. The molecule has 0 aromatic heterocycles. The summed E-state index contributed by atoms with van der Waals surface area (Å²) in [6.45, 7) is 11.5. The molecular weight excluding hydrogens is 182 g/mol. The molecule has 0 atom stereocenters. The van der Waals surface area contributed by atoms with Crippen LogP contribution in [0.15, 0.2) is 0 Å². The molecule has 0 heterocycles. The Labute approximate surface area is 86.7 Å². The quantitative estimate of drug-likeness (QED) is 0.642. The Hall–Kier alpha value is 0.270. The molecule has 0 aromatic carbocycles. The minimum atomic E-state index is -0.520. The van der Waals surface area contributed by atoms with Gasteiger partial charge in [-0.15, -0.1) is 0 Å². The summed E-state index contributed by atoms with van der Waals surface area (Å²) in [7, 11) is 0. The van der Waals surface area contributed by atoms with Crippen LogP contribution in [0.2, 0.25) is 0 Å². The molecule has 0 spiro atoms. The molecule has 0 rings (SSSR count). The Balaban J connectivity index is 3.34. The Morgan fingerprint density at radius 3 is 2.15 bits per heavy atom. The van der Waals surface area contributed by atoms with Gasteiger partial charge < -0.3 is 10.0 Å². The highest BCUT2D eigenvalue weighted by Crippen LogP contribution is 2.11. The zero-order chi connectivity index (χ0) is 10.3. The van der Waals surface area contributed by atoms with Gasteiger partial charge >= 0.3 is 0 Å². The van der Waals surface area contributed by atoms with Gasteiger partial charge in [-0.2, -0.15) is 11.8 Å². The molecule has 0 fully saturated rings. The minimum Gasteiger partial charge on any atom is -0.390 e. The summed E-state index contributed by atoms with van der Waals surface area (Å²) >= 11 is 1.83. The summed E-state index contributed by atoms with van der Waals surface area (Å²) in [5.41, 5.74) is -0.520. The fourth-order valence-electron chi connectivity index (χ4n) is 1.06. The van der Waals surface area contributed by atoms with Crippen molar-refractivity contribution in [3.63, 3.8) is 0 Å². The number of hydrogen-bond donors (Lipinski definition) is 1. The van der Waals surface area contributed by atoms with Crippen molar-refractivity contribution >= 4 is 11.8 Å². The first-order valence-corrected chi connectivity index (χ1v) is 6.17. The largest absolute Gasteiger partial charge is 0.390 e. The molecule has 1 N–H and O–H groups in total. The highest BCUT2D eigenvalue weighted by Gasteiger charge is 2.11. The van der Waals surface area contributed by atoms with Crippen LogP contribution in [-0.4, -0.2) is 46.7 Å². The number of nitrogens with zero attached hydrogens (tertiary/aromatic N) is 1. The molecule has 80 valence electrons. The third kappa shape index (κ3) is 8.60. The summed E-state index contributed by atoms with van der Waals surface area (Å²) in [5.74, 6) is 1.94. The maximum atomic E-state index is 9.46. The van der Waals surface area contributed by atoms with Crippen molar-refractivity contribution in [2.24, 2.45) is 0 Å². The lowest BCUT2D eigenvalue weighted by Crippen LogP contribution is -2.27. The van der Waals surface area contributed by atoms with Gasteiger partial charge in [0.1, 0.15) is 0 Å².